The van der Waals surface area contributed by atoms with Crippen molar-refractivity contribution in [2.75, 3.05) is 0 Å². The molecule has 2 heterocycles. The Bertz CT molecular complexity index is 2970. The molecule has 11 rings (SSSR count). The Morgan fingerprint density at radius 3 is 1.41 bits per heavy atom. The molecule has 0 radical (unpaired) electrons. The Morgan fingerprint density at radius 1 is 0.413 bits per heavy atom. The number of rotatable bonds is 8. The summed E-state index contributed by atoms with van der Waals surface area (Å²) in [6.07, 6.45) is 6.82. The van der Waals surface area contributed by atoms with Crippen LogP contribution in [0.1, 0.15) is 62.1 Å². The van der Waals surface area contributed by atoms with Gasteiger partial charge in [-0.25, -0.2) is 0 Å². The molecule has 9 aromatic rings. The highest BCUT2D eigenvalue weighted by Crippen LogP contribution is 2.58. The lowest BCUT2D eigenvalue weighted by molar-refractivity contribution is 0.418. The highest BCUT2D eigenvalue weighted by atomic mass is 16.5. The van der Waals surface area contributed by atoms with Gasteiger partial charge < -0.3 is 4.74 Å². The maximum absolute atomic E-state index is 7.14. The predicted molar refractivity (Wildman–Crippen MR) is 262 cm³/mol. The number of pyridine rings is 1. The van der Waals surface area contributed by atoms with Crippen LogP contribution >= 0.6 is 0 Å². The van der Waals surface area contributed by atoms with E-state index >= 15 is 0 Å². The molecule has 0 atom stereocenters. The third-order valence-electron chi connectivity index (χ3n) is 13.5. The molecule has 63 heavy (non-hydrogen) atoms. The Kier molecular flexibility index (Phi) is 9.93. The maximum Gasteiger partial charge on any atom is 0.139 e. The van der Waals surface area contributed by atoms with E-state index in [2.05, 4.69) is 208 Å². The molecule has 0 amide bonds. The van der Waals surface area contributed by atoms with E-state index < -0.39 is 0 Å². The summed E-state index contributed by atoms with van der Waals surface area (Å²) in [6, 6.07) is 72.9. The van der Waals surface area contributed by atoms with Crippen molar-refractivity contribution in [3.05, 3.63) is 223 Å². The molecule has 0 bridgehead atoms. The summed E-state index contributed by atoms with van der Waals surface area (Å²) in [6.45, 7) is 4.69. The zero-order valence-corrected chi connectivity index (χ0v) is 35.9. The van der Waals surface area contributed by atoms with E-state index in [-0.39, 0.29) is 5.41 Å². The Labute approximate surface area is 371 Å². The second-order valence-corrected chi connectivity index (χ2v) is 17.6. The van der Waals surface area contributed by atoms with E-state index in [0.717, 1.165) is 61.7 Å². The van der Waals surface area contributed by atoms with Crippen LogP contribution in [-0.4, -0.2) is 4.98 Å². The fraction of sp³-hybridized carbons (Fsp3) is 0.131. The summed E-state index contributed by atoms with van der Waals surface area (Å²) in [5.74, 6) is 2.41. The topological polar surface area (TPSA) is 22.1 Å². The number of para-hydroxylation sites is 1. The molecule has 2 nitrogen and oxygen atoms in total. The smallest absolute Gasteiger partial charge is 0.139 e. The van der Waals surface area contributed by atoms with Gasteiger partial charge in [0.25, 0.3) is 0 Å². The average Bonchev–Trinajstić information content (AvgIpc) is 3.90. The summed E-state index contributed by atoms with van der Waals surface area (Å²) >= 11 is 0. The molecular weight excluding hydrogens is 763 g/mol. The first-order valence-electron chi connectivity index (χ1n) is 22.5. The van der Waals surface area contributed by atoms with E-state index in [1.807, 2.05) is 12.3 Å². The maximum atomic E-state index is 7.14. The summed E-state index contributed by atoms with van der Waals surface area (Å²) in [5.41, 5.74) is 19.6. The molecule has 0 spiro atoms. The fourth-order valence-electron chi connectivity index (χ4n) is 10.6. The van der Waals surface area contributed by atoms with Crippen LogP contribution in [0.4, 0.5) is 0 Å². The van der Waals surface area contributed by atoms with Gasteiger partial charge in [-0.15, -0.1) is 0 Å². The standard InChI is InChI=1S/C61H49NO/c1-61(2)49-34-17-18-36-52(49)63-60-50(61)38-37-48(41-22-15-16-23-41)53(60)46-32-21-33-47(40-46)58-55(43-26-9-4-10-27-43)54(42-24-7-3-8-25-42)56(44-28-11-5-12-29-44)59(51-35-19-20-39-62-51)57(58)45-30-13-6-14-31-45/h3-14,17-21,24-41H,15-16,22-23H2,1-2H3. The zero-order chi connectivity index (χ0) is 42.3. The molecule has 0 saturated heterocycles. The van der Waals surface area contributed by atoms with E-state index in [1.54, 1.807) is 0 Å². The van der Waals surface area contributed by atoms with E-state index in [4.69, 9.17) is 9.72 Å². The van der Waals surface area contributed by atoms with Crippen LogP contribution in [0.15, 0.2) is 206 Å². The molecule has 1 saturated carbocycles. The average molecular weight is 812 g/mol. The molecule has 1 aromatic heterocycles. The molecular formula is C61H49NO. The molecule has 8 aromatic carbocycles. The number of fused-ring (bicyclic) bond motifs is 2. The third kappa shape index (κ3) is 6.78. The first-order valence-corrected chi connectivity index (χ1v) is 22.5. The van der Waals surface area contributed by atoms with E-state index in [1.165, 1.54) is 70.2 Å². The van der Waals surface area contributed by atoms with Crippen molar-refractivity contribution in [2.45, 2.75) is 50.9 Å². The molecule has 0 unspecified atom stereocenters. The van der Waals surface area contributed by atoms with Crippen LogP contribution in [0, 0.1) is 0 Å². The highest BCUT2D eigenvalue weighted by molar-refractivity contribution is 6.15. The fourth-order valence-corrected chi connectivity index (χ4v) is 10.6. The Morgan fingerprint density at radius 2 is 0.873 bits per heavy atom. The van der Waals surface area contributed by atoms with Crippen molar-refractivity contribution in [2.24, 2.45) is 0 Å². The van der Waals surface area contributed by atoms with E-state index in [9.17, 15) is 0 Å². The van der Waals surface area contributed by atoms with Crippen LogP contribution in [0.2, 0.25) is 0 Å². The van der Waals surface area contributed by atoms with Gasteiger partial charge in [0.1, 0.15) is 11.5 Å². The number of hydrogen-bond donors (Lipinski definition) is 0. The largest absolute Gasteiger partial charge is 0.456 e. The van der Waals surface area contributed by atoms with Gasteiger partial charge in [0, 0.05) is 45.0 Å². The normalized spacial score (nSPS) is 14.1. The lowest BCUT2D eigenvalue weighted by Gasteiger charge is -2.36. The van der Waals surface area contributed by atoms with Gasteiger partial charge in [-0.2, -0.15) is 0 Å². The number of hydrogen-bond acceptors (Lipinski definition) is 2. The van der Waals surface area contributed by atoms with Gasteiger partial charge in [0.05, 0.1) is 5.69 Å². The first kappa shape index (κ1) is 38.6. The van der Waals surface area contributed by atoms with Crippen LogP contribution in [0.5, 0.6) is 11.5 Å². The van der Waals surface area contributed by atoms with Gasteiger partial charge >= 0.3 is 0 Å². The summed E-state index contributed by atoms with van der Waals surface area (Å²) in [5, 5.41) is 0. The lowest BCUT2D eigenvalue weighted by atomic mass is 9.73. The van der Waals surface area contributed by atoms with Gasteiger partial charge in [-0.3, -0.25) is 4.98 Å². The zero-order valence-electron chi connectivity index (χ0n) is 35.9. The van der Waals surface area contributed by atoms with Gasteiger partial charge in [-0.05, 0) is 98.7 Å². The monoisotopic (exact) mass is 811 g/mol. The number of benzene rings is 8. The molecule has 1 fully saturated rings. The van der Waals surface area contributed by atoms with Crippen molar-refractivity contribution in [1.82, 2.24) is 4.98 Å². The van der Waals surface area contributed by atoms with Crippen molar-refractivity contribution in [3.63, 3.8) is 0 Å². The Balaban J connectivity index is 1.30. The first-order chi connectivity index (χ1) is 31.1. The Hall–Kier alpha value is -7.29. The van der Waals surface area contributed by atoms with Crippen molar-refractivity contribution in [1.29, 1.82) is 0 Å². The number of aromatic nitrogens is 1. The molecule has 2 heteroatoms. The third-order valence-corrected chi connectivity index (χ3v) is 13.5. The van der Waals surface area contributed by atoms with Crippen LogP contribution < -0.4 is 4.74 Å². The molecule has 0 N–H and O–H groups in total. The summed E-state index contributed by atoms with van der Waals surface area (Å²) < 4.78 is 7.14. The van der Waals surface area contributed by atoms with Gasteiger partial charge in [0.15, 0.2) is 0 Å². The van der Waals surface area contributed by atoms with Crippen LogP contribution in [0.25, 0.3) is 78.0 Å². The molecule has 1 aliphatic carbocycles. The molecule has 1 aliphatic heterocycles. The van der Waals surface area contributed by atoms with Crippen molar-refractivity contribution in [3.8, 4) is 89.5 Å². The minimum Gasteiger partial charge on any atom is -0.456 e. The van der Waals surface area contributed by atoms with Crippen molar-refractivity contribution < 1.29 is 4.74 Å². The number of ether oxygens (including phenoxy) is 1. The molecule has 304 valence electrons. The second-order valence-electron chi connectivity index (χ2n) is 17.6. The molecule has 2 aliphatic rings. The minimum atomic E-state index is -0.235. The van der Waals surface area contributed by atoms with E-state index in [0.29, 0.717) is 5.92 Å². The second kappa shape index (κ2) is 16.2. The van der Waals surface area contributed by atoms with Gasteiger partial charge in [0.2, 0.25) is 0 Å². The van der Waals surface area contributed by atoms with Crippen molar-refractivity contribution >= 4 is 0 Å². The quantitative estimate of drug-likeness (QED) is 0.152. The lowest BCUT2D eigenvalue weighted by Crippen LogP contribution is -2.25. The summed E-state index contributed by atoms with van der Waals surface area (Å²) in [4.78, 5) is 5.18. The minimum absolute atomic E-state index is 0.235. The SMILES string of the molecule is CC1(C)c2ccccc2Oc2c1ccc(C1CCCC1)c2-c1cccc(-c2c(-c3ccccc3)c(-c3ccccc3)c(-c3ccccc3)c(-c3ccccn3)c2-c2ccccc2)c1. The predicted octanol–water partition coefficient (Wildman–Crippen LogP) is 16.8. The van der Waals surface area contributed by atoms with Gasteiger partial charge in [-0.1, -0.05) is 203 Å². The number of nitrogens with zero attached hydrogens (tertiary/aromatic N) is 1. The van der Waals surface area contributed by atoms with Crippen LogP contribution in [-0.2, 0) is 5.41 Å². The van der Waals surface area contributed by atoms with Crippen LogP contribution in [0.3, 0.4) is 0 Å². The highest BCUT2D eigenvalue weighted by Gasteiger charge is 2.38. The summed E-state index contributed by atoms with van der Waals surface area (Å²) in [7, 11) is 0.